The largest absolute Gasteiger partial charge is 0.391 e. The predicted molar refractivity (Wildman–Crippen MR) is 71.8 cm³/mol. The maximum absolute atomic E-state index is 9.57. The number of aliphatic hydroxyl groups is 1. The van der Waals surface area contributed by atoms with E-state index in [4.69, 9.17) is 4.74 Å². The molecule has 0 amide bonds. The average Bonchev–Trinajstić information content (AvgIpc) is 2.99. The Kier molecular flexibility index (Phi) is 5.26. The van der Waals surface area contributed by atoms with Gasteiger partial charge in [0.25, 0.3) is 0 Å². The normalized spacial score (nSPS) is 29.0. The zero-order valence-corrected chi connectivity index (χ0v) is 11.3. The summed E-state index contributed by atoms with van der Waals surface area (Å²) >= 11 is 0. The third-order valence-electron chi connectivity index (χ3n) is 3.53. The standard InChI is InChI=1S/C13H25N3O2/c1-2-14-13(16-8-6-11(17)10-16)15-7-5-12-4-3-9-18-12/h11-12,17H,2-10H2,1H3,(H,14,15)/t11-,12?/m1/s1. The van der Waals surface area contributed by atoms with Crippen molar-refractivity contribution >= 4 is 5.96 Å². The first kappa shape index (κ1) is 13.6. The van der Waals surface area contributed by atoms with Gasteiger partial charge in [-0.3, -0.25) is 4.99 Å². The van der Waals surface area contributed by atoms with E-state index in [9.17, 15) is 5.11 Å². The van der Waals surface area contributed by atoms with Gasteiger partial charge in [-0.1, -0.05) is 0 Å². The second kappa shape index (κ2) is 6.95. The molecule has 2 saturated heterocycles. The third-order valence-corrected chi connectivity index (χ3v) is 3.53. The fourth-order valence-electron chi connectivity index (χ4n) is 2.55. The van der Waals surface area contributed by atoms with Crippen molar-refractivity contribution in [3.8, 4) is 0 Å². The van der Waals surface area contributed by atoms with E-state index in [1.54, 1.807) is 0 Å². The van der Waals surface area contributed by atoms with Gasteiger partial charge in [0.2, 0.25) is 0 Å². The lowest BCUT2D eigenvalue weighted by atomic mass is 10.2. The number of likely N-dealkylation sites (tertiary alicyclic amines) is 1. The Morgan fingerprint density at radius 2 is 2.39 bits per heavy atom. The first-order valence-corrected chi connectivity index (χ1v) is 7.12. The highest BCUT2D eigenvalue weighted by atomic mass is 16.5. The van der Waals surface area contributed by atoms with Gasteiger partial charge in [-0.25, -0.2) is 0 Å². The van der Waals surface area contributed by atoms with Gasteiger partial charge in [0, 0.05) is 32.8 Å². The predicted octanol–water partition coefficient (Wildman–Crippen LogP) is 0.588. The number of hydrogen-bond acceptors (Lipinski definition) is 3. The molecule has 0 radical (unpaired) electrons. The van der Waals surface area contributed by atoms with Crippen LogP contribution in [0.15, 0.2) is 4.99 Å². The highest BCUT2D eigenvalue weighted by molar-refractivity contribution is 5.80. The summed E-state index contributed by atoms with van der Waals surface area (Å²) in [6.45, 7) is 6.25. The molecule has 0 aromatic rings. The minimum Gasteiger partial charge on any atom is -0.391 e. The van der Waals surface area contributed by atoms with Gasteiger partial charge in [-0.2, -0.15) is 0 Å². The quantitative estimate of drug-likeness (QED) is 0.570. The van der Waals surface area contributed by atoms with E-state index in [0.29, 0.717) is 12.6 Å². The Morgan fingerprint density at radius 1 is 1.50 bits per heavy atom. The van der Waals surface area contributed by atoms with Crippen molar-refractivity contribution in [2.24, 2.45) is 4.99 Å². The van der Waals surface area contributed by atoms with E-state index in [1.807, 2.05) is 0 Å². The van der Waals surface area contributed by atoms with Crippen molar-refractivity contribution < 1.29 is 9.84 Å². The molecular formula is C13H25N3O2. The summed E-state index contributed by atoms with van der Waals surface area (Å²) in [6, 6.07) is 0. The number of aliphatic hydroxyl groups excluding tert-OH is 1. The van der Waals surface area contributed by atoms with Crippen LogP contribution in [0.2, 0.25) is 0 Å². The van der Waals surface area contributed by atoms with Crippen LogP contribution < -0.4 is 5.32 Å². The van der Waals surface area contributed by atoms with E-state index in [1.165, 1.54) is 12.8 Å². The molecular weight excluding hydrogens is 230 g/mol. The van der Waals surface area contributed by atoms with Crippen molar-refractivity contribution in [2.45, 2.75) is 44.8 Å². The van der Waals surface area contributed by atoms with Gasteiger partial charge in [0.1, 0.15) is 0 Å². The minimum atomic E-state index is -0.202. The summed E-state index contributed by atoms with van der Waals surface area (Å²) < 4.78 is 5.59. The number of aliphatic imine (C=N–C) groups is 1. The Balaban J connectivity index is 1.79. The van der Waals surface area contributed by atoms with Crippen molar-refractivity contribution in [2.75, 3.05) is 32.8 Å². The number of nitrogens with zero attached hydrogens (tertiary/aromatic N) is 2. The maximum Gasteiger partial charge on any atom is 0.194 e. The average molecular weight is 255 g/mol. The van der Waals surface area contributed by atoms with Crippen LogP contribution >= 0.6 is 0 Å². The molecule has 2 rings (SSSR count). The summed E-state index contributed by atoms with van der Waals surface area (Å²) in [5.41, 5.74) is 0. The molecule has 0 spiro atoms. The zero-order chi connectivity index (χ0) is 12.8. The summed E-state index contributed by atoms with van der Waals surface area (Å²) in [4.78, 5) is 6.78. The van der Waals surface area contributed by atoms with Crippen molar-refractivity contribution in [3.63, 3.8) is 0 Å². The Hall–Kier alpha value is -0.810. The topological polar surface area (TPSA) is 57.1 Å². The second-order valence-corrected chi connectivity index (χ2v) is 5.05. The number of ether oxygens (including phenoxy) is 1. The summed E-state index contributed by atoms with van der Waals surface area (Å²) in [7, 11) is 0. The van der Waals surface area contributed by atoms with Crippen LogP contribution in [-0.4, -0.2) is 61.0 Å². The molecule has 2 N–H and O–H groups in total. The fourth-order valence-corrected chi connectivity index (χ4v) is 2.55. The van der Waals surface area contributed by atoms with Gasteiger partial charge in [0.15, 0.2) is 5.96 Å². The van der Waals surface area contributed by atoms with Crippen LogP contribution in [0.1, 0.15) is 32.6 Å². The van der Waals surface area contributed by atoms with E-state index in [2.05, 4.69) is 22.1 Å². The molecule has 0 aromatic carbocycles. The SMILES string of the molecule is CCNC(=NCCC1CCCO1)N1CC[C@@H](O)C1. The van der Waals surface area contributed by atoms with Gasteiger partial charge >= 0.3 is 0 Å². The fraction of sp³-hybridized carbons (Fsp3) is 0.923. The van der Waals surface area contributed by atoms with Crippen LogP contribution in [0.25, 0.3) is 0 Å². The van der Waals surface area contributed by atoms with Crippen LogP contribution in [0.3, 0.4) is 0 Å². The van der Waals surface area contributed by atoms with Gasteiger partial charge in [-0.15, -0.1) is 0 Å². The number of rotatable bonds is 4. The van der Waals surface area contributed by atoms with Crippen molar-refractivity contribution in [1.29, 1.82) is 0 Å². The minimum absolute atomic E-state index is 0.202. The molecule has 0 aliphatic carbocycles. The van der Waals surface area contributed by atoms with Crippen LogP contribution in [0.4, 0.5) is 0 Å². The first-order valence-electron chi connectivity index (χ1n) is 7.12. The van der Waals surface area contributed by atoms with Crippen LogP contribution in [-0.2, 0) is 4.74 Å². The van der Waals surface area contributed by atoms with Crippen LogP contribution in [0.5, 0.6) is 0 Å². The monoisotopic (exact) mass is 255 g/mol. The molecule has 2 heterocycles. The van der Waals surface area contributed by atoms with E-state index in [0.717, 1.165) is 45.0 Å². The van der Waals surface area contributed by atoms with Crippen molar-refractivity contribution in [1.82, 2.24) is 10.2 Å². The smallest absolute Gasteiger partial charge is 0.194 e. The summed E-state index contributed by atoms with van der Waals surface area (Å²) in [5.74, 6) is 0.937. The summed E-state index contributed by atoms with van der Waals surface area (Å²) in [6.07, 6.45) is 4.41. The molecule has 1 unspecified atom stereocenters. The van der Waals surface area contributed by atoms with Crippen molar-refractivity contribution in [3.05, 3.63) is 0 Å². The molecule has 18 heavy (non-hydrogen) atoms. The molecule has 5 nitrogen and oxygen atoms in total. The van der Waals surface area contributed by atoms with Gasteiger partial charge in [0.05, 0.1) is 12.2 Å². The molecule has 2 aliphatic heterocycles. The second-order valence-electron chi connectivity index (χ2n) is 5.05. The Labute approximate surface area is 109 Å². The Bertz CT molecular complexity index is 277. The number of nitrogens with one attached hydrogen (secondary N) is 1. The highest BCUT2D eigenvalue weighted by Gasteiger charge is 2.23. The lowest BCUT2D eigenvalue weighted by Gasteiger charge is -2.21. The summed E-state index contributed by atoms with van der Waals surface area (Å²) in [5, 5.41) is 12.9. The zero-order valence-electron chi connectivity index (χ0n) is 11.3. The molecule has 5 heteroatoms. The van der Waals surface area contributed by atoms with Crippen LogP contribution in [0, 0.1) is 0 Å². The number of hydrogen-bond donors (Lipinski definition) is 2. The Morgan fingerprint density at radius 3 is 3.00 bits per heavy atom. The molecule has 0 saturated carbocycles. The molecule has 0 bridgehead atoms. The van der Waals surface area contributed by atoms with E-state index < -0.39 is 0 Å². The number of guanidine groups is 1. The molecule has 2 aliphatic rings. The lowest BCUT2D eigenvalue weighted by molar-refractivity contribution is 0.106. The van der Waals surface area contributed by atoms with E-state index >= 15 is 0 Å². The van der Waals surface area contributed by atoms with E-state index in [-0.39, 0.29) is 6.10 Å². The van der Waals surface area contributed by atoms with Gasteiger partial charge < -0.3 is 20.1 Å². The number of β-amino-alcohol motifs (C(OH)–C–C–N with tert-alkyl or cyclic N) is 1. The molecule has 2 fully saturated rings. The first-order chi connectivity index (χ1) is 8.79. The van der Waals surface area contributed by atoms with Gasteiger partial charge in [-0.05, 0) is 32.6 Å². The molecule has 0 aromatic heterocycles. The molecule has 2 atom stereocenters. The maximum atomic E-state index is 9.57. The third kappa shape index (κ3) is 3.85. The molecule has 104 valence electrons. The lowest BCUT2D eigenvalue weighted by Crippen LogP contribution is -2.40. The highest BCUT2D eigenvalue weighted by Crippen LogP contribution is 2.15.